The second-order valence-electron chi connectivity index (χ2n) is 3.52. The maximum absolute atomic E-state index is 9.58. The number of aryl methyl sites for hydroxylation is 1. The Morgan fingerprint density at radius 3 is 2.67 bits per heavy atom. The Morgan fingerprint density at radius 2 is 2.13 bits per heavy atom. The molecule has 0 bridgehead atoms. The minimum atomic E-state index is -0.316. The molecule has 1 unspecified atom stereocenters. The summed E-state index contributed by atoms with van der Waals surface area (Å²) in [5.41, 5.74) is 1.03. The lowest BCUT2D eigenvalue weighted by molar-refractivity contribution is 0.185. The van der Waals surface area contributed by atoms with E-state index in [1.807, 2.05) is 6.07 Å². The zero-order valence-corrected chi connectivity index (χ0v) is 10.4. The summed E-state index contributed by atoms with van der Waals surface area (Å²) in [6.07, 6.45) is 1.14. The normalized spacial score (nSPS) is 12.5. The van der Waals surface area contributed by atoms with Crippen molar-refractivity contribution in [3.05, 3.63) is 22.2 Å². The fourth-order valence-electron chi connectivity index (χ4n) is 1.30. The molecule has 3 nitrogen and oxygen atoms in total. The minimum absolute atomic E-state index is 0.110. The Labute approximate surface area is 97.8 Å². The lowest BCUT2D eigenvalue weighted by Gasteiger charge is -2.09. The van der Waals surface area contributed by atoms with Gasteiger partial charge in [0.1, 0.15) is 0 Å². The van der Waals surface area contributed by atoms with Gasteiger partial charge < -0.3 is 14.9 Å². The fourth-order valence-corrected chi connectivity index (χ4v) is 1.79. The molecule has 0 saturated carbocycles. The van der Waals surface area contributed by atoms with Crippen molar-refractivity contribution >= 4 is 15.9 Å². The van der Waals surface area contributed by atoms with Gasteiger partial charge >= 0.3 is 0 Å². The summed E-state index contributed by atoms with van der Waals surface area (Å²) in [5, 5.41) is 18.7. The lowest BCUT2D eigenvalue weighted by atomic mass is 10.1. The molecular weight excluding hydrogens is 260 g/mol. The number of ether oxygens (including phenoxy) is 1. The molecule has 0 heterocycles. The van der Waals surface area contributed by atoms with E-state index in [-0.39, 0.29) is 11.9 Å². The van der Waals surface area contributed by atoms with Gasteiger partial charge in [0.25, 0.3) is 0 Å². The number of phenolic OH excluding ortho intramolecular Hbond substituents is 1. The molecule has 1 rings (SSSR count). The Morgan fingerprint density at radius 1 is 1.47 bits per heavy atom. The topological polar surface area (TPSA) is 49.7 Å². The van der Waals surface area contributed by atoms with Crippen molar-refractivity contribution in [3.8, 4) is 11.5 Å². The lowest BCUT2D eigenvalue weighted by Crippen LogP contribution is -2.01. The first-order valence-corrected chi connectivity index (χ1v) is 5.57. The van der Waals surface area contributed by atoms with Crippen LogP contribution in [-0.4, -0.2) is 23.4 Å². The van der Waals surface area contributed by atoms with E-state index >= 15 is 0 Å². The standard InChI is InChI=1S/C11H15BrO3/c1-7(13)3-4-8-5-9(12)11(14)10(6-8)15-2/h5-7,13-14H,3-4H2,1-2H3. The fraction of sp³-hybridized carbons (Fsp3) is 0.455. The summed E-state index contributed by atoms with van der Waals surface area (Å²) in [7, 11) is 1.51. The number of aromatic hydroxyl groups is 1. The SMILES string of the molecule is COc1cc(CCC(C)O)cc(Br)c1O. The number of hydrogen-bond acceptors (Lipinski definition) is 3. The van der Waals surface area contributed by atoms with Crippen LogP contribution in [0.3, 0.4) is 0 Å². The number of halogens is 1. The first-order valence-electron chi connectivity index (χ1n) is 4.78. The van der Waals surface area contributed by atoms with Crippen LogP contribution in [0.2, 0.25) is 0 Å². The van der Waals surface area contributed by atoms with Crippen molar-refractivity contribution in [1.29, 1.82) is 0 Å². The molecular formula is C11H15BrO3. The molecule has 15 heavy (non-hydrogen) atoms. The van der Waals surface area contributed by atoms with E-state index in [9.17, 15) is 10.2 Å². The van der Waals surface area contributed by atoms with Gasteiger partial charge in [-0.1, -0.05) is 0 Å². The van der Waals surface area contributed by atoms with Gasteiger partial charge in [0.15, 0.2) is 11.5 Å². The van der Waals surface area contributed by atoms with Crippen molar-refractivity contribution in [2.45, 2.75) is 25.9 Å². The molecule has 1 aromatic carbocycles. The van der Waals surface area contributed by atoms with Crippen molar-refractivity contribution < 1.29 is 14.9 Å². The highest BCUT2D eigenvalue weighted by atomic mass is 79.9. The zero-order chi connectivity index (χ0) is 11.4. The van der Waals surface area contributed by atoms with Crippen molar-refractivity contribution in [2.24, 2.45) is 0 Å². The number of phenols is 1. The molecule has 0 radical (unpaired) electrons. The van der Waals surface area contributed by atoms with Gasteiger partial charge in [0, 0.05) is 0 Å². The quantitative estimate of drug-likeness (QED) is 0.887. The maximum Gasteiger partial charge on any atom is 0.172 e. The Hall–Kier alpha value is -0.740. The highest BCUT2D eigenvalue weighted by Crippen LogP contribution is 2.35. The number of hydrogen-bond donors (Lipinski definition) is 2. The maximum atomic E-state index is 9.58. The minimum Gasteiger partial charge on any atom is -0.503 e. The molecule has 4 heteroatoms. The molecule has 0 fully saturated rings. The van der Waals surface area contributed by atoms with Crippen LogP contribution in [0, 0.1) is 0 Å². The van der Waals surface area contributed by atoms with E-state index < -0.39 is 0 Å². The van der Waals surface area contributed by atoms with Crippen molar-refractivity contribution in [3.63, 3.8) is 0 Å². The van der Waals surface area contributed by atoms with Crippen LogP contribution in [0.5, 0.6) is 11.5 Å². The van der Waals surface area contributed by atoms with E-state index in [2.05, 4.69) is 15.9 Å². The van der Waals surface area contributed by atoms with Crippen LogP contribution in [-0.2, 0) is 6.42 Å². The monoisotopic (exact) mass is 274 g/mol. The highest BCUT2D eigenvalue weighted by molar-refractivity contribution is 9.10. The smallest absolute Gasteiger partial charge is 0.172 e. The molecule has 84 valence electrons. The van der Waals surface area contributed by atoms with Gasteiger partial charge in [-0.3, -0.25) is 0 Å². The van der Waals surface area contributed by atoms with Gasteiger partial charge in [-0.15, -0.1) is 0 Å². The molecule has 1 aromatic rings. The van der Waals surface area contributed by atoms with Crippen LogP contribution in [0.25, 0.3) is 0 Å². The van der Waals surface area contributed by atoms with Gasteiger partial charge in [-0.05, 0) is 53.4 Å². The predicted molar refractivity (Wildman–Crippen MR) is 62.4 cm³/mol. The van der Waals surface area contributed by atoms with Crippen LogP contribution in [0.1, 0.15) is 18.9 Å². The van der Waals surface area contributed by atoms with E-state index in [0.29, 0.717) is 16.6 Å². The molecule has 0 aliphatic carbocycles. The summed E-state index contributed by atoms with van der Waals surface area (Å²) >= 11 is 3.25. The summed E-state index contributed by atoms with van der Waals surface area (Å²) in [6.45, 7) is 1.76. The third-order valence-corrected chi connectivity index (χ3v) is 2.76. The molecule has 0 aromatic heterocycles. The number of aliphatic hydroxyl groups excluding tert-OH is 1. The van der Waals surface area contributed by atoms with E-state index in [1.54, 1.807) is 13.0 Å². The Bertz CT molecular complexity index is 337. The second-order valence-corrected chi connectivity index (χ2v) is 4.37. The zero-order valence-electron chi connectivity index (χ0n) is 8.83. The summed E-state index contributed by atoms with van der Waals surface area (Å²) in [4.78, 5) is 0. The summed E-state index contributed by atoms with van der Waals surface area (Å²) in [5.74, 6) is 0.559. The molecule has 0 amide bonds. The van der Waals surface area contributed by atoms with Crippen molar-refractivity contribution in [1.82, 2.24) is 0 Å². The van der Waals surface area contributed by atoms with Crippen molar-refractivity contribution in [2.75, 3.05) is 7.11 Å². The van der Waals surface area contributed by atoms with E-state index in [4.69, 9.17) is 4.74 Å². The number of rotatable bonds is 4. The van der Waals surface area contributed by atoms with Crippen LogP contribution in [0.15, 0.2) is 16.6 Å². The van der Waals surface area contributed by atoms with Crippen LogP contribution < -0.4 is 4.74 Å². The number of aliphatic hydroxyl groups is 1. The third-order valence-electron chi connectivity index (χ3n) is 2.16. The summed E-state index contributed by atoms with van der Waals surface area (Å²) in [6, 6.07) is 3.61. The molecule has 0 aliphatic heterocycles. The highest BCUT2D eigenvalue weighted by Gasteiger charge is 2.08. The van der Waals surface area contributed by atoms with Gasteiger partial charge in [-0.25, -0.2) is 0 Å². The van der Waals surface area contributed by atoms with Gasteiger partial charge in [-0.2, -0.15) is 0 Å². The van der Waals surface area contributed by atoms with E-state index in [1.165, 1.54) is 7.11 Å². The number of benzene rings is 1. The molecule has 0 spiro atoms. The largest absolute Gasteiger partial charge is 0.503 e. The number of methoxy groups -OCH3 is 1. The average molecular weight is 275 g/mol. The first-order chi connectivity index (χ1) is 7.04. The Kier molecular flexibility index (Phi) is 4.42. The molecule has 0 aliphatic rings. The summed E-state index contributed by atoms with van der Waals surface area (Å²) < 4.78 is 5.64. The third kappa shape index (κ3) is 3.39. The van der Waals surface area contributed by atoms with Crippen LogP contribution >= 0.6 is 15.9 Å². The molecule has 1 atom stereocenters. The second kappa shape index (κ2) is 5.37. The Balaban J connectivity index is 2.86. The van der Waals surface area contributed by atoms with Gasteiger partial charge in [0.2, 0.25) is 0 Å². The first kappa shape index (κ1) is 12.3. The van der Waals surface area contributed by atoms with E-state index in [0.717, 1.165) is 12.0 Å². The predicted octanol–water partition coefficient (Wildman–Crippen LogP) is 2.48. The average Bonchev–Trinajstić information content (AvgIpc) is 2.19. The van der Waals surface area contributed by atoms with Crippen LogP contribution in [0.4, 0.5) is 0 Å². The van der Waals surface area contributed by atoms with Gasteiger partial charge in [0.05, 0.1) is 17.7 Å². The molecule has 0 saturated heterocycles. The molecule has 2 N–H and O–H groups in total.